The molecule has 0 aliphatic carbocycles. The molecule has 0 amide bonds. The van der Waals surface area contributed by atoms with Crippen molar-refractivity contribution in [3.8, 4) is 5.69 Å². The van der Waals surface area contributed by atoms with E-state index < -0.39 is 5.97 Å². The molecule has 0 radical (unpaired) electrons. The van der Waals surface area contributed by atoms with Gasteiger partial charge in [-0.1, -0.05) is 36.9 Å². The van der Waals surface area contributed by atoms with Crippen LogP contribution in [0.1, 0.15) is 18.2 Å². The highest BCUT2D eigenvalue weighted by Gasteiger charge is 2.12. The maximum Gasteiger partial charge on any atom is 0.313 e. The van der Waals surface area contributed by atoms with E-state index in [1.54, 1.807) is 0 Å². The lowest BCUT2D eigenvalue weighted by atomic mass is 10.1. The van der Waals surface area contributed by atoms with E-state index in [4.69, 9.17) is 5.11 Å². The average molecular weight is 276 g/mol. The summed E-state index contributed by atoms with van der Waals surface area (Å²) in [7, 11) is 0. The quantitative estimate of drug-likeness (QED) is 0.853. The lowest BCUT2D eigenvalue weighted by Gasteiger charge is -2.11. The second-order valence-corrected chi connectivity index (χ2v) is 5.14. The van der Waals surface area contributed by atoms with Crippen molar-refractivity contribution >= 4 is 17.7 Å². The van der Waals surface area contributed by atoms with Gasteiger partial charge in [0.2, 0.25) is 0 Å². The van der Waals surface area contributed by atoms with Crippen LogP contribution >= 0.6 is 11.8 Å². The molecule has 100 valence electrons. The van der Waals surface area contributed by atoms with Crippen LogP contribution in [-0.2, 0) is 11.2 Å². The van der Waals surface area contributed by atoms with E-state index in [-0.39, 0.29) is 5.75 Å². The molecule has 0 unspecified atom stereocenters. The minimum atomic E-state index is -0.832. The van der Waals surface area contributed by atoms with Gasteiger partial charge in [0.25, 0.3) is 0 Å². The Hall–Kier alpha value is -1.75. The Morgan fingerprint density at radius 3 is 2.84 bits per heavy atom. The molecule has 1 aromatic heterocycles. The Kier molecular flexibility index (Phi) is 4.27. The molecule has 0 aliphatic heterocycles. The minimum Gasteiger partial charge on any atom is -0.481 e. The molecule has 0 atom stereocenters. The number of nitrogens with zero attached hydrogens (tertiary/aromatic N) is 2. The first-order valence-corrected chi connectivity index (χ1v) is 7.09. The number of aryl methyl sites for hydroxylation is 2. The predicted octanol–water partition coefficient (Wildman–Crippen LogP) is 2.92. The highest BCUT2D eigenvalue weighted by Crippen LogP contribution is 2.24. The molecule has 2 rings (SSSR count). The molecular formula is C14H16N2O2S. The SMILES string of the molecule is CCc1ccccc1-n1cc(C)nc1SCC(=O)O. The summed E-state index contributed by atoms with van der Waals surface area (Å²) in [5, 5.41) is 9.51. The number of rotatable bonds is 5. The predicted molar refractivity (Wildman–Crippen MR) is 76.0 cm³/mol. The summed E-state index contributed by atoms with van der Waals surface area (Å²) < 4.78 is 1.97. The number of para-hydroxylation sites is 1. The molecule has 0 spiro atoms. The summed E-state index contributed by atoms with van der Waals surface area (Å²) >= 11 is 1.24. The van der Waals surface area contributed by atoms with Gasteiger partial charge in [-0.2, -0.15) is 0 Å². The van der Waals surface area contributed by atoms with Crippen molar-refractivity contribution in [1.29, 1.82) is 0 Å². The van der Waals surface area contributed by atoms with Crippen molar-refractivity contribution in [2.24, 2.45) is 0 Å². The summed E-state index contributed by atoms with van der Waals surface area (Å²) in [6.07, 6.45) is 2.87. The molecular weight excluding hydrogens is 260 g/mol. The fraction of sp³-hybridized carbons (Fsp3) is 0.286. The van der Waals surface area contributed by atoms with Crippen molar-refractivity contribution in [3.05, 3.63) is 41.7 Å². The third-order valence-corrected chi connectivity index (χ3v) is 3.69. The second kappa shape index (κ2) is 5.93. The topological polar surface area (TPSA) is 55.1 Å². The minimum absolute atomic E-state index is 0.0186. The summed E-state index contributed by atoms with van der Waals surface area (Å²) in [5.74, 6) is -0.814. The molecule has 1 aromatic carbocycles. The second-order valence-electron chi connectivity index (χ2n) is 4.20. The van der Waals surface area contributed by atoms with Gasteiger partial charge >= 0.3 is 5.97 Å². The molecule has 1 N–H and O–H groups in total. The Labute approximate surface area is 116 Å². The summed E-state index contributed by atoms with van der Waals surface area (Å²) in [6.45, 7) is 4.02. The standard InChI is InChI=1S/C14H16N2O2S/c1-3-11-6-4-5-7-12(11)16-8-10(2)15-14(16)19-9-13(17)18/h4-8H,3,9H2,1-2H3,(H,17,18). The van der Waals surface area contributed by atoms with E-state index in [9.17, 15) is 4.79 Å². The number of hydrogen-bond donors (Lipinski definition) is 1. The monoisotopic (exact) mass is 276 g/mol. The molecule has 0 bridgehead atoms. The maximum absolute atomic E-state index is 10.7. The van der Waals surface area contributed by atoms with Crippen molar-refractivity contribution in [3.63, 3.8) is 0 Å². The maximum atomic E-state index is 10.7. The highest BCUT2D eigenvalue weighted by molar-refractivity contribution is 7.99. The zero-order valence-corrected chi connectivity index (χ0v) is 11.8. The van der Waals surface area contributed by atoms with Crippen LogP contribution in [0.4, 0.5) is 0 Å². The number of aromatic nitrogens is 2. The van der Waals surface area contributed by atoms with E-state index in [0.29, 0.717) is 0 Å². The van der Waals surface area contributed by atoms with Crippen LogP contribution in [0.2, 0.25) is 0 Å². The molecule has 4 nitrogen and oxygen atoms in total. The van der Waals surface area contributed by atoms with Crippen LogP contribution in [0.25, 0.3) is 5.69 Å². The number of aliphatic carboxylic acids is 1. The number of thioether (sulfide) groups is 1. The Morgan fingerprint density at radius 1 is 1.42 bits per heavy atom. The van der Waals surface area contributed by atoms with E-state index in [0.717, 1.165) is 23.0 Å². The zero-order chi connectivity index (χ0) is 13.8. The van der Waals surface area contributed by atoms with Crippen LogP contribution in [0.3, 0.4) is 0 Å². The molecule has 0 fully saturated rings. The highest BCUT2D eigenvalue weighted by atomic mass is 32.2. The first-order valence-electron chi connectivity index (χ1n) is 6.10. The van der Waals surface area contributed by atoms with Crippen LogP contribution < -0.4 is 0 Å². The molecule has 19 heavy (non-hydrogen) atoms. The average Bonchev–Trinajstić information content (AvgIpc) is 2.77. The van der Waals surface area contributed by atoms with Gasteiger partial charge in [0.1, 0.15) is 0 Å². The van der Waals surface area contributed by atoms with Crippen molar-refractivity contribution in [2.75, 3.05) is 5.75 Å². The van der Waals surface area contributed by atoms with E-state index in [1.165, 1.54) is 17.3 Å². The molecule has 0 saturated heterocycles. The Morgan fingerprint density at radius 2 is 2.16 bits per heavy atom. The van der Waals surface area contributed by atoms with Gasteiger partial charge < -0.3 is 5.11 Å². The van der Waals surface area contributed by atoms with Gasteiger partial charge in [0.05, 0.1) is 17.1 Å². The third-order valence-electron chi connectivity index (χ3n) is 2.75. The van der Waals surface area contributed by atoms with Crippen molar-refractivity contribution in [1.82, 2.24) is 9.55 Å². The number of carboxylic acids is 1. The largest absolute Gasteiger partial charge is 0.481 e. The molecule has 1 heterocycles. The number of carbonyl (C=O) groups is 1. The van der Waals surface area contributed by atoms with Crippen molar-refractivity contribution in [2.45, 2.75) is 25.4 Å². The number of hydrogen-bond acceptors (Lipinski definition) is 3. The first-order chi connectivity index (χ1) is 9.11. The lowest BCUT2D eigenvalue weighted by Crippen LogP contribution is -2.03. The van der Waals surface area contributed by atoms with Crippen molar-refractivity contribution < 1.29 is 9.90 Å². The molecule has 0 saturated carbocycles. The number of benzene rings is 1. The molecule has 0 aliphatic rings. The first kappa shape index (κ1) is 13.7. The van der Waals surface area contributed by atoms with Crippen LogP contribution in [0.15, 0.2) is 35.6 Å². The fourth-order valence-electron chi connectivity index (χ4n) is 1.92. The smallest absolute Gasteiger partial charge is 0.313 e. The zero-order valence-electron chi connectivity index (χ0n) is 11.0. The molecule has 5 heteroatoms. The van der Waals surface area contributed by atoms with E-state index >= 15 is 0 Å². The Bertz CT molecular complexity index is 593. The van der Waals surface area contributed by atoms with Crippen LogP contribution in [-0.4, -0.2) is 26.4 Å². The number of carboxylic acid groups (broad SMARTS) is 1. The summed E-state index contributed by atoms with van der Waals surface area (Å²) in [6, 6.07) is 8.10. The summed E-state index contributed by atoms with van der Waals surface area (Å²) in [5.41, 5.74) is 3.18. The molecule has 2 aromatic rings. The number of imidazole rings is 1. The van der Waals surface area contributed by atoms with Gasteiger partial charge in [-0.25, -0.2) is 4.98 Å². The third kappa shape index (κ3) is 3.17. The van der Waals surface area contributed by atoms with Crippen LogP contribution in [0.5, 0.6) is 0 Å². The van der Waals surface area contributed by atoms with Gasteiger partial charge in [-0.05, 0) is 25.0 Å². The fourth-order valence-corrected chi connectivity index (χ4v) is 2.67. The van der Waals surface area contributed by atoms with E-state index in [1.807, 2.05) is 35.9 Å². The van der Waals surface area contributed by atoms with Crippen LogP contribution in [0, 0.1) is 6.92 Å². The normalized spacial score (nSPS) is 10.6. The van der Waals surface area contributed by atoms with E-state index in [2.05, 4.69) is 18.0 Å². The summed E-state index contributed by atoms with van der Waals surface area (Å²) in [4.78, 5) is 15.1. The van der Waals surface area contributed by atoms with Gasteiger partial charge in [0.15, 0.2) is 5.16 Å². The lowest BCUT2D eigenvalue weighted by molar-refractivity contribution is -0.133. The Balaban J connectivity index is 2.41. The van der Waals surface area contributed by atoms with Gasteiger partial charge in [0, 0.05) is 6.20 Å². The van der Waals surface area contributed by atoms with Gasteiger partial charge in [-0.15, -0.1) is 0 Å². The van der Waals surface area contributed by atoms with Gasteiger partial charge in [-0.3, -0.25) is 9.36 Å².